The first-order valence-electron chi connectivity index (χ1n) is 7.63. The van der Waals surface area contributed by atoms with Crippen LogP contribution in [0.2, 0.25) is 0 Å². The minimum absolute atomic E-state index is 0.712. The molecule has 1 aromatic heterocycles. The largest absolute Gasteiger partial charge is 0.344 e. The van der Waals surface area contributed by atoms with E-state index < -0.39 is 0 Å². The van der Waals surface area contributed by atoms with Gasteiger partial charge in [0.2, 0.25) is 0 Å². The minimum atomic E-state index is 0.712. The Hall–Kier alpha value is -1.87. The predicted molar refractivity (Wildman–Crippen MR) is 88.1 cm³/mol. The van der Waals surface area contributed by atoms with E-state index in [0.29, 0.717) is 6.04 Å². The molecule has 1 aliphatic carbocycles. The second-order valence-electron chi connectivity index (χ2n) is 6.01. The molecule has 1 aliphatic rings. The molecule has 0 atom stereocenters. The summed E-state index contributed by atoms with van der Waals surface area (Å²) in [5.74, 6) is 0. The Morgan fingerprint density at radius 3 is 2.76 bits per heavy atom. The summed E-state index contributed by atoms with van der Waals surface area (Å²) < 4.78 is 0. The highest BCUT2D eigenvalue weighted by atomic mass is 15.1. The standard InChI is InChI=1S/C18H23N3/c1-13-5-4-6-17(9-13)21(3)18-10-14(2)19-11-15(18)12-20-16-7-8-16/h4-6,9-11,16,20H,7-8,12H2,1-3H3. The molecule has 1 N–H and O–H groups in total. The van der Waals surface area contributed by atoms with E-state index in [1.54, 1.807) is 0 Å². The van der Waals surface area contributed by atoms with E-state index in [2.05, 4.69) is 59.5 Å². The van der Waals surface area contributed by atoms with Gasteiger partial charge in [-0.3, -0.25) is 4.98 Å². The molecule has 1 heterocycles. The average Bonchev–Trinajstić information content (AvgIpc) is 3.29. The van der Waals surface area contributed by atoms with Gasteiger partial charge in [-0.15, -0.1) is 0 Å². The highest BCUT2D eigenvalue weighted by molar-refractivity contribution is 5.66. The van der Waals surface area contributed by atoms with Crippen molar-refractivity contribution in [3.05, 3.63) is 53.3 Å². The van der Waals surface area contributed by atoms with Gasteiger partial charge in [0.05, 0.1) is 0 Å². The molecule has 3 nitrogen and oxygen atoms in total. The molecule has 3 rings (SSSR count). The van der Waals surface area contributed by atoms with Crippen molar-refractivity contribution >= 4 is 11.4 Å². The molecule has 110 valence electrons. The van der Waals surface area contributed by atoms with Gasteiger partial charge in [0.25, 0.3) is 0 Å². The van der Waals surface area contributed by atoms with Crippen LogP contribution in [0.3, 0.4) is 0 Å². The van der Waals surface area contributed by atoms with Crippen LogP contribution < -0.4 is 10.2 Å². The van der Waals surface area contributed by atoms with Crippen molar-refractivity contribution in [3.63, 3.8) is 0 Å². The molecule has 0 aliphatic heterocycles. The Balaban J connectivity index is 1.89. The maximum atomic E-state index is 4.47. The summed E-state index contributed by atoms with van der Waals surface area (Å²) in [6, 6.07) is 11.5. The van der Waals surface area contributed by atoms with Crippen molar-refractivity contribution in [1.82, 2.24) is 10.3 Å². The van der Waals surface area contributed by atoms with Gasteiger partial charge in [0.1, 0.15) is 0 Å². The van der Waals surface area contributed by atoms with Crippen LogP contribution in [0.5, 0.6) is 0 Å². The summed E-state index contributed by atoms with van der Waals surface area (Å²) in [6.07, 6.45) is 4.62. The summed E-state index contributed by atoms with van der Waals surface area (Å²) >= 11 is 0. The molecule has 1 aromatic carbocycles. The number of hydrogen-bond acceptors (Lipinski definition) is 3. The van der Waals surface area contributed by atoms with Crippen LogP contribution in [0.1, 0.15) is 29.7 Å². The van der Waals surface area contributed by atoms with E-state index in [9.17, 15) is 0 Å². The molecule has 3 heteroatoms. The number of pyridine rings is 1. The summed E-state index contributed by atoms with van der Waals surface area (Å²) in [7, 11) is 2.13. The van der Waals surface area contributed by atoms with Crippen molar-refractivity contribution in [1.29, 1.82) is 0 Å². The second-order valence-corrected chi connectivity index (χ2v) is 6.01. The van der Waals surface area contributed by atoms with Crippen molar-refractivity contribution in [3.8, 4) is 0 Å². The van der Waals surface area contributed by atoms with Gasteiger partial charge in [-0.25, -0.2) is 0 Å². The van der Waals surface area contributed by atoms with Crippen molar-refractivity contribution in [2.24, 2.45) is 0 Å². The van der Waals surface area contributed by atoms with Crippen molar-refractivity contribution in [2.45, 2.75) is 39.3 Å². The molecule has 1 saturated carbocycles. The van der Waals surface area contributed by atoms with Crippen molar-refractivity contribution < 1.29 is 0 Å². The number of rotatable bonds is 5. The maximum absolute atomic E-state index is 4.47. The van der Waals surface area contributed by atoms with Crippen molar-refractivity contribution in [2.75, 3.05) is 11.9 Å². The van der Waals surface area contributed by atoms with Crippen LogP contribution in [-0.2, 0) is 6.54 Å². The summed E-state index contributed by atoms with van der Waals surface area (Å²) in [6.45, 7) is 5.07. The number of nitrogens with zero attached hydrogens (tertiary/aromatic N) is 2. The Labute approximate surface area is 127 Å². The van der Waals surface area contributed by atoms with Gasteiger partial charge in [-0.05, 0) is 50.5 Å². The first-order chi connectivity index (χ1) is 10.1. The molecule has 0 bridgehead atoms. The SMILES string of the molecule is Cc1cccc(N(C)c2cc(C)ncc2CNC2CC2)c1. The van der Waals surface area contributed by atoms with Crippen LogP contribution in [-0.4, -0.2) is 18.1 Å². The molecule has 0 saturated heterocycles. The lowest BCUT2D eigenvalue weighted by Crippen LogP contribution is -2.19. The van der Waals surface area contributed by atoms with E-state index >= 15 is 0 Å². The van der Waals surface area contributed by atoms with Crippen LogP contribution in [0.25, 0.3) is 0 Å². The number of aromatic nitrogens is 1. The molecule has 0 spiro atoms. The summed E-state index contributed by atoms with van der Waals surface area (Å²) in [5, 5.41) is 3.58. The summed E-state index contributed by atoms with van der Waals surface area (Å²) in [5.41, 5.74) is 6.05. The lowest BCUT2D eigenvalue weighted by atomic mass is 10.1. The maximum Gasteiger partial charge on any atom is 0.0487 e. The van der Waals surface area contributed by atoms with E-state index in [1.807, 2.05) is 13.1 Å². The Bertz CT molecular complexity index is 632. The third kappa shape index (κ3) is 3.42. The zero-order valence-corrected chi connectivity index (χ0v) is 13.1. The first-order valence-corrected chi connectivity index (χ1v) is 7.63. The normalized spacial score (nSPS) is 14.2. The molecule has 21 heavy (non-hydrogen) atoms. The lowest BCUT2D eigenvalue weighted by molar-refractivity contribution is 0.685. The molecule has 0 radical (unpaired) electrons. The number of aryl methyl sites for hydroxylation is 2. The average molecular weight is 281 g/mol. The van der Waals surface area contributed by atoms with Gasteiger partial charge in [-0.1, -0.05) is 12.1 Å². The molecular formula is C18H23N3. The third-order valence-corrected chi connectivity index (χ3v) is 4.01. The smallest absolute Gasteiger partial charge is 0.0487 e. The van der Waals surface area contributed by atoms with Gasteiger partial charge in [0, 0.05) is 48.5 Å². The molecule has 2 aromatic rings. The second kappa shape index (κ2) is 5.86. The van der Waals surface area contributed by atoms with E-state index in [1.165, 1.54) is 35.3 Å². The number of hydrogen-bond donors (Lipinski definition) is 1. The van der Waals surface area contributed by atoms with Gasteiger partial charge < -0.3 is 10.2 Å². The molecular weight excluding hydrogens is 258 g/mol. The third-order valence-electron chi connectivity index (χ3n) is 4.01. The van der Waals surface area contributed by atoms with E-state index in [4.69, 9.17) is 0 Å². The van der Waals surface area contributed by atoms with Crippen LogP contribution in [0.4, 0.5) is 11.4 Å². The van der Waals surface area contributed by atoms with Gasteiger partial charge >= 0.3 is 0 Å². The summed E-state index contributed by atoms with van der Waals surface area (Å²) in [4.78, 5) is 6.72. The Kier molecular flexibility index (Phi) is 3.93. The monoisotopic (exact) mass is 281 g/mol. The molecule has 0 amide bonds. The Morgan fingerprint density at radius 1 is 1.24 bits per heavy atom. The first kappa shape index (κ1) is 14.1. The highest BCUT2D eigenvalue weighted by Crippen LogP contribution is 2.28. The van der Waals surface area contributed by atoms with Gasteiger partial charge in [-0.2, -0.15) is 0 Å². The van der Waals surface area contributed by atoms with Crippen LogP contribution >= 0.6 is 0 Å². The zero-order chi connectivity index (χ0) is 14.8. The quantitative estimate of drug-likeness (QED) is 0.905. The fourth-order valence-corrected chi connectivity index (χ4v) is 2.54. The van der Waals surface area contributed by atoms with E-state index in [0.717, 1.165) is 12.2 Å². The zero-order valence-electron chi connectivity index (χ0n) is 13.1. The topological polar surface area (TPSA) is 28.2 Å². The van der Waals surface area contributed by atoms with E-state index in [-0.39, 0.29) is 0 Å². The fraction of sp³-hybridized carbons (Fsp3) is 0.389. The highest BCUT2D eigenvalue weighted by Gasteiger charge is 2.21. The lowest BCUT2D eigenvalue weighted by Gasteiger charge is -2.23. The molecule has 0 unspecified atom stereocenters. The number of anilines is 2. The predicted octanol–water partition coefficient (Wildman–Crippen LogP) is 3.72. The molecule has 1 fully saturated rings. The Morgan fingerprint density at radius 2 is 2.05 bits per heavy atom. The van der Waals surface area contributed by atoms with Crippen LogP contribution in [0, 0.1) is 13.8 Å². The minimum Gasteiger partial charge on any atom is -0.344 e. The van der Waals surface area contributed by atoms with Gasteiger partial charge in [0.15, 0.2) is 0 Å². The van der Waals surface area contributed by atoms with Crippen LogP contribution in [0.15, 0.2) is 36.5 Å². The number of nitrogens with one attached hydrogen (secondary N) is 1. The fourth-order valence-electron chi connectivity index (χ4n) is 2.54. The number of benzene rings is 1.